The first-order chi connectivity index (χ1) is 13.7. The van der Waals surface area contributed by atoms with Crippen molar-refractivity contribution < 1.29 is 15.0 Å². The molecule has 0 amide bonds. The Morgan fingerprint density at radius 3 is 2.69 bits per heavy atom. The number of anilines is 1. The van der Waals surface area contributed by atoms with E-state index in [2.05, 4.69) is 10.3 Å². The van der Waals surface area contributed by atoms with Gasteiger partial charge in [0.05, 0.1) is 11.8 Å². The molecule has 0 saturated heterocycles. The van der Waals surface area contributed by atoms with Gasteiger partial charge in [-0.2, -0.15) is 0 Å². The third kappa shape index (κ3) is 5.32. The number of halogens is 1. The van der Waals surface area contributed by atoms with Crippen molar-refractivity contribution in [2.24, 2.45) is 5.73 Å². The Hall–Kier alpha value is -2.93. The lowest BCUT2D eigenvalue weighted by molar-refractivity contribution is 0.0691. The molecular formula is C22H22ClN3O3. The molecule has 150 valence electrons. The lowest BCUT2D eigenvalue weighted by Crippen LogP contribution is -2.45. The summed E-state index contributed by atoms with van der Waals surface area (Å²) in [5.41, 5.74) is 8.04. The van der Waals surface area contributed by atoms with Gasteiger partial charge in [-0.25, -0.2) is 9.78 Å². The maximum Gasteiger partial charge on any atom is 0.355 e. The van der Waals surface area contributed by atoms with Crippen LogP contribution in [0.2, 0.25) is 5.02 Å². The highest BCUT2D eigenvalue weighted by atomic mass is 35.5. The molecule has 2 aromatic carbocycles. The number of aromatic carboxylic acids is 1. The van der Waals surface area contributed by atoms with Crippen molar-refractivity contribution in [2.45, 2.75) is 25.1 Å². The number of aromatic nitrogens is 1. The first-order valence-electron chi connectivity index (χ1n) is 9.04. The van der Waals surface area contributed by atoms with Crippen molar-refractivity contribution in [3.8, 4) is 11.1 Å². The molecule has 1 aromatic heterocycles. The molecule has 0 saturated carbocycles. The number of pyridine rings is 1. The molecule has 0 radical (unpaired) electrons. The minimum Gasteiger partial charge on any atom is -0.476 e. The second-order valence-corrected chi connectivity index (χ2v) is 7.54. The van der Waals surface area contributed by atoms with Gasteiger partial charge in [0, 0.05) is 28.9 Å². The second kappa shape index (κ2) is 8.61. The fourth-order valence-electron chi connectivity index (χ4n) is 3.19. The molecule has 0 fully saturated rings. The number of nitrogens with two attached hydrogens (primary N) is 1. The van der Waals surface area contributed by atoms with E-state index in [0.29, 0.717) is 27.4 Å². The molecule has 29 heavy (non-hydrogen) atoms. The van der Waals surface area contributed by atoms with Crippen LogP contribution in [0.25, 0.3) is 11.1 Å². The number of aliphatic hydroxyl groups is 1. The van der Waals surface area contributed by atoms with E-state index in [1.54, 1.807) is 55.5 Å². The Morgan fingerprint density at radius 1 is 1.21 bits per heavy atom. The predicted octanol–water partition coefficient (Wildman–Crippen LogP) is 4.31. The van der Waals surface area contributed by atoms with E-state index in [9.17, 15) is 15.0 Å². The van der Waals surface area contributed by atoms with Gasteiger partial charge in [-0.3, -0.25) is 0 Å². The molecule has 0 aliphatic rings. The number of benzene rings is 2. The molecule has 2 atom stereocenters. The number of carbonyl (C=O) groups is 1. The van der Waals surface area contributed by atoms with E-state index in [0.717, 1.165) is 0 Å². The van der Waals surface area contributed by atoms with Crippen molar-refractivity contribution in [1.82, 2.24) is 4.98 Å². The molecule has 0 spiro atoms. The van der Waals surface area contributed by atoms with Crippen LogP contribution in [0.1, 0.15) is 35.5 Å². The number of aliphatic hydroxyl groups excluding tert-OH is 1. The van der Waals surface area contributed by atoms with E-state index in [1.807, 2.05) is 12.1 Å². The van der Waals surface area contributed by atoms with Gasteiger partial charge >= 0.3 is 5.97 Å². The van der Waals surface area contributed by atoms with Crippen molar-refractivity contribution in [3.63, 3.8) is 0 Å². The third-order valence-electron chi connectivity index (χ3n) is 4.46. The summed E-state index contributed by atoms with van der Waals surface area (Å²) >= 11 is 6.00. The summed E-state index contributed by atoms with van der Waals surface area (Å²) < 4.78 is 0. The van der Waals surface area contributed by atoms with Crippen LogP contribution in [0.5, 0.6) is 0 Å². The molecule has 1 heterocycles. The van der Waals surface area contributed by atoms with E-state index in [1.165, 1.54) is 6.20 Å². The molecule has 0 aliphatic heterocycles. The Labute approximate surface area is 174 Å². The molecule has 6 nitrogen and oxygen atoms in total. The molecule has 5 N–H and O–H groups in total. The maximum absolute atomic E-state index is 11.5. The second-order valence-electron chi connectivity index (χ2n) is 7.10. The van der Waals surface area contributed by atoms with Crippen LogP contribution < -0.4 is 11.1 Å². The normalized spacial score (nSPS) is 14.1. The van der Waals surface area contributed by atoms with Crippen LogP contribution in [0.15, 0.2) is 66.9 Å². The van der Waals surface area contributed by atoms with E-state index < -0.39 is 17.7 Å². The van der Waals surface area contributed by atoms with Gasteiger partial charge in [-0.15, -0.1) is 0 Å². The van der Waals surface area contributed by atoms with E-state index >= 15 is 0 Å². The number of nitrogens with one attached hydrogen (secondary N) is 1. The number of carboxylic acids is 1. The van der Waals surface area contributed by atoms with Crippen molar-refractivity contribution in [1.29, 1.82) is 0 Å². The Bertz CT molecular complexity index is 1020. The van der Waals surface area contributed by atoms with Gasteiger partial charge in [0.2, 0.25) is 0 Å². The van der Waals surface area contributed by atoms with Gasteiger partial charge in [0.15, 0.2) is 5.69 Å². The summed E-state index contributed by atoms with van der Waals surface area (Å²) in [6, 6.07) is 17.7. The summed E-state index contributed by atoms with van der Waals surface area (Å²) in [6.45, 7) is 1.78. The van der Waals surface area contributed by atoms with Crippen LogP contribution in [0, 0.1) is 0 Å². The molecular weight excluding hydrogens is 390 g/mol. The zero-order chi connectivity index (χ0) is 21.0. The zero-order valence-electron chi connectivity index (χ0n) is 15.8. The van der Waals surface area contributed by atoms with Crippen LogP contribution in [0.4, 0.5) is 5.69 Å². The highest BCUT2D eigenvalue weighted by molar-refractivity contribution is 6.30. The molecule has 3 rings (SSSR count). The van der Waals surface area contributed by atoms with Crippen molar-refractivity contribution in [3.05, 3.63) is 83.1 Å². The SMILES string of the molecule is CC(N)(CC(O)c1cccc(Cl)c1)Nc1cccc(-c2cccnc2C(=O)O)c1. The summed E-state index contributed by atoms with van der Waals surface area (Å²) in [4.78, 5) is 15.4. The highest BCUT2D eigenvalue weighted by Crippen LogP contribution is 2.29. The van der Waals surface area contributed by atoms with Crippen LogP contribution in [0.3, 0.4) is 0 Å². The van der Waals surface area contributed by atoms with Crippen LogP contribution in [-0.2, 0) is 0 Å². The zero-order valence-corrected chi connectivity index (χ0v) is 16.6. The largest absolute Gasteiger partial charge is 0.476 e. The van der Waals surface area contributed by atoms with Gasteiger partial charge in [-0.1, -0.05) is 41.9 Å². The fourth-order valence-corrected chi connectivity index (χ4v) is 3.39. The highest BCUT2D eigenvalue weighted by Gasteiger charge is 2.24. The fraction of sp³-hybridized carbons (Fsp3) is 0.182. The number of rotatable bonds is 7. The average Bonchev–Trinajstić information content (AvgIpc) is 2.67. The number of hydrogen-bond acceptors (Lipinski definition) is 5. The molecule has 7 heteroatoms. The summed E-state index contributed by atoms with van der Waals surface area (Å²) in [5.74, 6) is -1.09. The van der Waals surface area contributed by atoms with Gasteiger partial charge in [0.25, 0.3) is 0 Å². The smallest absolute Gasteiger partial charge is 0.355 e. The average molecular weight is 412 g/mol. The number of nitrogens with zero attached hydrogens (tertiary/aromatic N) is 1. The Balaban J connectivity index is 1.80. The van der Waals surface area contributed by atoms with E-state index in [-0.39, 0.29) is 12.1 Å². The molecule has 2 unspecified atom stereocenters. The predicted molar refractivity (Wildman–Crippen MR) is 114 cm³/mol. The van der Waals surface area contributed by atoms with Crippen LogP contribution >= 0.6 is 11.6 Å². The Kier molecular flexibility index (Phi) is 6.17. The number of carboxylic acid groups (broad SMARTS) is 1. The van der Waals surface area contributed by atoms with Crippen molar-refractivity contribution in [2.75, 3.05) is 5.32 Å². The van der Waals surface area contributed by atoms with Gasteiger partial charge in [0.1, 0.15) is 0 Å². The van der Waals surface area contributed by atoms with Gasteiger partial charge < -0.3 is 21.3 Å². The quantitative estimate of drug-likeness (QED) is 0.431. The molecule has 0 aliphatic carbocycles. The lowest BCUT2D eigenvalue weighted by Gasteiger charge is -2.30. The van der Waals surface area contributed by atoms with Crippen LogP contribution in [-0.4, -0.2) is 26.8 Å². The molecule has 3 aromatic rings. The standard InChI is InChI=1S/C22H22ClN3O3/c1-22(24,13-19(27)15-6-2-7-16(23)11-15)26-17-8-3-5-14(12-17)18-9-4-10-25-20(18)21(28)29/h2-12,19,26-27H,13,24H2,1H3,(H,28,29). The topological polar surface area (TPSA) is 108 Å². The molecule has 0 bridgehead atoms. The Morgan fingerprint density at radius 2 is 1.97 bits per heavy atom. The lowest BCUT2D eigenvalue weighted by atomic mass is 9.98. The van der Waals surface area contributed by atoms with Crippen molar-refractivity contribution >= 4 is 23.3 Å². The first kappa shape index (κ1) is 20.8. The first-order valence-corrected chi connectivity index (χ1v) is 9.42. The summed E-state index contributed by atoms with van der Waals surface area (Å²) in [5, 5.41) is 23.7. The third-order valence-corrected chi connectivity index (χ3v) is 4.70. The van der Waals surface area contributed by atoms with E-state index in [4.69, 9.17) is 17.3 Å². The minimum atomic E-state index is -1.09. The van der Waals surface area contributed by atoms with Gasteiger partial charge in [-0.05, 0) is 48.4 Å². The summed E-state index contributed by atoms with van der Waals surface area (Å²) in [7, 11) is 0. The number of hydrogen-bond donors (Lipinski definition) is 4. The monoisotopic (exact) mass is 411 g/mol. The maximum atomic E-state index is 11.5. The minimum absolute atomic E-state index is 0.0171. The summed E-state index contributed by atoms with van der Waals surface area (Å²) in [6.07, 6.45) is 0.893.